The number of nitrogens with zero attached hydrogens (tertiary/aromatic N) is 3. The van der Waals surface area contributed by atoms with Crippen LogP contribution in [0.3, 0.4) is 0 Å². The summed E-state index contributed by atoms with van der Waals surface area (Å²) < 4.78 is 33.5. The molecule has 0 spiro atoms. The molecule has 0 bridgehead atoms. The van der Waals surface area contributed by atoms with Crippen LogP contribution in [-0.2, 0) is 25.2 Å². The molecule has 0 radical (unpaired) electrons. The number of ether oxygens (including phenoxy) is 2. The van der Waals surface area contributed by atoms with Crippen LogP contribution in [0.4, 0.5) is 4.39 Å². The molecular weight excluding hydrogens is 481 g/mol. The number of halogens is 1. The van der Waals surface area contributed by atoms with Crippen molar-refractivity contribution in [2.75, 3.05) is 6.61 Å². The van der Waals surface area contributed by atoms with Gasteiger partial charge >= 0.3 is 5.69 Å². The zero-order chi connectivity index (χ0) is 26.0. The summed E-state index contributed by atoms with van der Waals surface area (Å²) in [7, 11) is 0.270. The molecule has 36 heavy (non-hydrogen) atoms. The van der Waals surface area contributed by atoms with Crippen molar-refractivity contribution >= 4 is 19.0 Å². The molecule has 3 aromatic heterocycles. The normalized spacial score (nSPS) is 11.8. The van der Waals surface area contributed by atoms with E-state index in [9.17, 15) is 14.0 Å². The average molecular weight is 512 g/mol. The highest BCUT2D eigenvalue weighted by atomic mass is 28.3. The Morgan fingerprint density at radius 2 is 1.92 bits per heavy atom. The van der Waals surface area contributed by atoms with Gasteiger partial charge in [-0.3, -0.25) is 9.36 Å². The minimum absolute atomic E-state index is 0.119. The first-order chi connectivity index (χ1) is 17.1. The van der Waals surface area contributed by atoms with E-state index in [4.69, 9.17) is 13.9 Å². The molecule has 1 aromatic carbocycles. The molecule has 0 unspecified atom stereocenters. The molecule has 0 saturated carbocycles. The van der Waals surface area contributed by atoms with E-state index in [0.717, 1.165) is 10.6 Å². The van der Waals surface area contributed by atoms with Crippen molar-refractivity contribution in [1.82, 2.24) is 14.1 Å². The molecular formula is C26H30FN3O5Si. The summed E-state index contributed by atoms with van der Waals surface area (Å²) in [5.74, 6) is 0.707. The summed E-state index contributed by atoms with van der Waals surface area (Å²) in [5, 5.41) is 0.692. The van der Waals surface area contributed by atoms with Crippen molar-refractivity contribution in [3.05, 3.63) is 74.8 Å². The van der Waals surface area contributed by atoms with Gasteiger partial charge in [-0.15, -0.1) is 0 Å². The topological polar surface area (TPSA) is 88.5 Å². The Morgan fingerprint density at radius 3 is 2.64 bits per heavy atom. The van der Waals surface area contributed by atoms with Crippen molar-refractivity contribution in [2.24, 2.45) is 7.05 Å². The highest BCUT2D eigenvalue weighted by Crippen LogP contribution is 2.33. The molecule has 0 N–H and O–H groups in total. The minimum Gasteiger partial charge on any atom is -0.464 e. The predicted molar refractivity (Wildman–Crippen MR) is 139 cm³/mol. The van der Waals surface area contributed by atoms with Gasteiger partial charge in [0.2, 0.25) is 5.88 Å². The van der Waals surface area contributed by atoms with Crippen molar-refractivity contribution in [1.29, 1.82) is 0 Å². The number of fused-ring (bicyclic) bond motifs is 1. The molecule has 3 heterocycles. The first-order valence-corrected chi connectivity index (χ1v) is 15.4. The predicted octanol–water partition coefficient (Wildman–Crippen LogP) is 5.24. The molecule has 190 valence electrons. The molecule has 0 atom stereocenters. The van der Waals surface area contributed by atoms with Gasteiger partial charge in [-0.05, 0) is 48.9 Å². The number of alkyl halides is 1. The van der Waals surface area contributed by atoms with E-state index < -0.39 is 26.0 Å². The van der Waals surface area contributed by atoms with Crippen molar-refractivity contribution in [3.63, 3.8) is 0 Å². The standard InChI is InChI=1S/C26H30FN3O5Si/c1-17-23(29(2)26(32)30(25(17)31)16-33-12-13-36(3,4)5)20-7-6-19(14-18(20)15-27)35-24-21-9-11-34-22(21)8-10-28-24/h6-11,14H,12-13,15-16H2,1-5H3. The first-order valence-electron chi connectivity index (χ1n) is 11.7. The van der Waals surface area contributed by atoms with Gasteiger partial charge in [-0.2, -0.15) is 0 Å². The van der Waals surface area contributed by atoms with Crippen molar-refractivity contribution < 1.29 is 18.3 Å². The van der Waals surface area contributed by atoms with E-state index >= 15 is 0 Å². The maximum atomic E-state index is 14.2. The van der Waals surface area contributed by atoms with Gasteiger partial charge < -0.3 is 13.9 Å². The molecule has 10 heteroatoms. The van der Waals surface area contributed by atoms with Crippen molar-refractivity contribution in [2.45, 2.75) is 46.0 Å². The van der Waals surface area contributed by atoms with E-state index in [1.807, 2.05) is 0 Å². The monoisotopic (exact) mass is 511 g/mol. The highest BCUT2D eigenvalue weighted by Gasteiger charge is 2.20. The maximum absolute atomic E-state index is 14.2. The molecule has 8 nitrogen and oxygen atoms in total. The Bertz CT molecular complexity index is 1480. The zero-order valence-electron chi connectivity index (χ0n) is 21.1. The number of hydrogen-bond donors (Lipinski definition) is 0. The first kappa shape index (κ1) is 25.6. The van der Waals surface area contributed by atoms with E-state index in [1.165, 1.54) is 10.8 Å². The summed E-state index contributed by atoms with van der Waals surface area (Å²) in [6.45, 7) is 7.88. The Morgan fingerprint density at radius 1 is 1.14 bits per heavy atom. The van der Waals surface area contributed by atoms with E-state index in [0.29, 0.717) is 46.0 Å². The van der Waals surface area contributed by atoms with Gasteiger partial charge in [0.05, 0.1) is 17.3 Å². The van der Waals surface area contributed by atoms with Gasteiger partial charge in [0.15, 0.2) is 0 Å². The molecule has 0 amide bonds. The van der Waals surface area contributed by atoms with Crippen LogP contribution in [0.15, 0.2) is 56.8 Å². The van der Waals surface area contributed by atoms with E-state index in [2.05, 4.69) is 24.6 Å². The van der Waals surface area contributed by atoms with E-state index in [-0.39, 0.29) is 12.3 Å². The summed E-state index contributed by atoms with van der Waals surface area (Å²) in [4.78, 5) is 30.4. The van der Waals surface area contributed by atoms with Crippen LogP contribution in [0.25, 0.3) is 22.2 Å². The lowest BCUT2D eigenvalue weighted by atomic mass is 10.0. The number of aromatic nitrogens is 3. The number of furan rings is 1. The highest BCUT2D eigenvalue weighted by molar-refractivity contribution is 6.76. The fourth-order valence-corrected chi connectivity index (χ4v) is 4.74. The van der Waals surface area contributed by atoms with Crippen LogP contribution >= 0.6 is 0 Å². The van der Waals surface area contributed by atoms with Crippen LogP contribution in [0.1, 0.15) is 11.1 Å². The van der Waals surface area contributed by atoms with Gasteiger partial charge in [0.1, 0.15) is 24.7 Å². The SMILES string of the molecule is Cc1c(-c2ccc(Oc3nccc4occc34)cc2CF)n(C)c(=O)n(COCC[Si](C)(C)C)c1=O. The smallest absolute Gasteiger partial charge is 0.333 e. The van der Waals surface area contributed by atoms with Gasteiger partial charge in [-0.25, -0.2) is 18.7 Å². The third-order valence-corrected chi connectivity index (χ3v) is 7.73. The summed E-state index contributed by atoms with van der Waals surface area (Å²) >= 11 is 0. The Balaban J connectivity index is 1.66. The van der Waals surface area contributed by atoms with E-state index in [1.54, 1.807) is 50.5 Å². The summed E-state index contributed by atoms with van der Waals surface area (Å²) in [6.07, 6.45) is 3.10. The third kappa shape index (κ3) is 5.19. The van der Waals surface area contributed by atoms with Crippen LogP contribution in [0, 0.1) is 6.92 Å². The second-order valence-electron chi connectivity index (χ2n) is 9.90. The molecule has 0 aliphatic heterocycles. The number of rotatable bonds is 9. The zero-order valence-corrected chi connectivity index (χ0v) is 22.1. The van der Waals surface area contributed by atoms with Crippen LogP contribution in [0.5, 0.6) is 11.6 Å². The van der Waals surface area contributed by atoms with Gasteiger partial charge in [0.25, 0.3) is 5.56 Å². The fraction of sp³-hybridized carbons (Fsp3) is 0.346. The largest absolute Gasteiger partial charge is 0.464 e. The molecule has 0 fully saturated rings. The summed E-state index contributed by atoms with van der Waals surface area (Å²) in [6, 6.07) is 9.24. The lowest BCUT2D eigenvalue weighted by molar-refractivity contribution is 0.0805. The number of benzene rings is 1. The van der Waals surface area contributed by atoms with Crippen LogP contribution in [-0.4, -0.2) is 28.8 Å². The maximum Gasteiger partial charge on any atom is 0.333 e. The number of pyridine rings is 1. The molecule has 4 rings (SSSR count). The third-order valence-electron chi connectivity index (χ3n) is 6.02. The lowest BCUT2D eigenvalue weighted by Gasteiger charge is -2.18. The lowest BCUT2D eigenvalue weighted by Crippen LogP contribution is -2.41. The second-order valence-corrected chi connectivity index (χ2v) is 15.5. The van der Waals surface area contributed by atoms with Crippen molar-refractivity contribution in [3.8, 4) is 22.9 Å². The second kappa shape index (κ2) is 10.2. The summed E-state index contributed by atoms with van der Waals surface area (Å²) in [5.41, 5.74) is 1.07. The molecule has 0 aliphatic rings. The quantitative estimate of drug-likeness (QED) is 0.226. The Hall–Kier alpha value is -3.50. The Labute approximate surface area is 208 Å². The van der Waals surface area contributed by atoms with Gasteiger partial charge in [-0.1, -0.05) is 19.6 Å². The van der Waals surface area contributed by atoms with Gasteiger partial charge in [0, 0.05) is 39.1 Å². The minimum atomic E-state index is -1.30. The fourth-order valence-electron chi connectivity index (χ4n) is 3.99. The molecule has 4 aromatic rings. The number of hydrogen-bond acceptors (Lipinski definition) is 6. The van der Waals surface area contributed by atoms with Crippen LogP contribution < -0.4 is 16.0 Å². The average Bonchev–Trinajstić information content (AvgIpc) is 3.32. The molecule has 0 aliphatic carbocycles. The molecule has 0 saturated heterocycles. The Kier molecular flexibility index (Phi) is 7.27. The van der Waals surface area contributed by atoms with Crippen LogP contribution in [0.2, 0.25) is 25.7 Å².